The van der Waals surface area contributed by atoms with Crippen LogP contribution in [0.25, 0.3) is 0 Å². The molecule has 0 aliphatic carbocycles. The molecular weight excluding hydrogens is 264 g/mol. The molecule has 0 rings (SSSR count). The molecule has 0 unspecified atom stereocenters. The van der Waals surface area contributed by atoms with Gasteiger partial charge in [0.05, 0.1) is 26.2 Å². The summed E-state index contributed by atoms with van der Waals surface area (Å²) in [4.78, 5) is 42.0. The van der Waals surface area contributed by atoms with Crippen LogP contribution >= 0.6 is 0 Å². The topological polar surface area (TPSA) is 116 Å². The Morgan fingerprint density at radius 2 is 1.00 bits per heavy atom. The molecule has 0 aromatic carbocycles. The third-order valence-electron chi connectivity index (χ3n) is 1.74. The first-order chi connectivity index (χ1) is 9.33. The maximum atomic E-state index is 10.6. The molecule has 0 spiro atoms. The monoisotopic (exact) mass is 288 g/mol. The van der Waals surface area contributed by atoms with E-state index in [2.05, 4.69) is 21.3 Å². The van der Waals surface area contributed by atoms with Crippen molar-refractivity contribution in [2.45, 2.75) is 26.7 Å². The van der Waals surface area contributed by atoms with Gasteiger partial charge in [0.15, 0.2) is 0 Å². The Kier molecular flexibility index (Phi) is 14.0. The molecular formula is C12H24N4O4. The standard InChI is InChI=1S/2C6H12N2O2/c2*1-5(9)3-6(10)8-4-7-2/h2*7H,3-4H2,1-2H3,(H,8,10). The Bertz CT molecular complexity index is 299. The summed E-state index contributed by atoms with van der Waals surface area (Å²) in [6.45, 7) is 3.59. The summed E-state index contributed by atoms with van der Waals surface area (Å²) in [5.74, 6) is -0.703. The summed E-state index contributed by atoms with van der Waals surface area (Å²) in [6, 6.07) is 0. The average Bonchev–Trinajstić information content (AvgIpc) is 2.33. The van der Waals surface area contributed by atoms with Gasteiger partial charge in [0.1, 0.15) is 11.6 Å². The molecule has 0 saturated carbocycles. The van der Waals surface area contributed by atoms with Crippen LogP contribution < -0.4 is 21.3 Å². The minimum atomic E-state index is -0.234. The minimum absolute atomic E-state index is 0.0261. The van der Waals surface area contributed by atoms with E-state index >= 15 is 0 Å². The first kappa shape index (κ1) is 20.5. The van der Waals surface area contributed by atoms with Gasteiger partial charge in [-0.3, -0.25) is 19.2 Å². The third kappa shape index (κ3) is 18.6. The second-order valence-corrected chi connectivity index (χ2v) is 4.02. The summed E-state index contributed by atoms with van der Waals surface area (Å²) >= 11 is 0. The molecule has 20 heavy (non-hydrogen) atoms. The van der Waals surface area contributed by atoms with E-state index in [0.717, 1.165) is 0 Å². The molecule has 0 fully saturated rings. The summed E-state index contributed by atoms with van der Waals surface area (Å²) in [5.41, 5.74) is 0. The van der Waals surface area contributed by atoms with Crippen molar-refractivity contribution in [1.82, 2.24) is 21.3 Å². The molecule has 0 aromatic rings. The minimum Gasteiger partial charge on any atom is -0.343 e. The number of carbonyl (C=O) groups excluding carboxylic acids is 4. The molecule has 0 aliphatic rings. The van der Waals surface area contributed by atoms with Crippen LogP contribution in [0.3, 0.4) is 0 Å². The lowest BCUT2D eigenvalue weighted by Crippen LogP contribution is -2.32. The Hall–Kier alpha value is -1.80. The van der Waals surface area contributed by atoms with Gasteiger partial charge in [0, 0.05) is 0 Å². The molecule has 2 amide bonds. The lowest BCUT2D eigenvalue weighted by molar-refractivity contribution is -0.128. The number of amides is 2. The van der Waals surface area contributed by atoms with E-state index in [4.69, 9.17) is 0 Å². The Balaban J connectivity index is 0. The summed E-state index contributed by atoms with van der Waals surface area (Å²) < 4.78 is 0. The smallest absolute Gasteiger partial charge is 0.228 e. The summed E-state index contributed by atoms with van der Waals surface area (Å²) in [6.07, 6.45) is -0.0522. The summed E-state index contributed by atoms with van der Waals surface area (Å²) in [7, 11) is 3.43. The first-order valence-corrected chi connectivity index (χ1v) is 6.14. The van der Waals surface area contributed by atoms with Crippen LogP contribution in [-0.4, -0.2) is 50.8 Å². The fraction of sp³-hybridized carbons (Fsp3) is 0.667. The van der Waals surface area contributed by atoms with Crippen LogP contribution in [0, 0.1) is 0 Å². The molecule has 0 heterocycles. The van der Waals surface area contributed by atoms with E-state index in [9.17, 15) is 19.2 Å². The van der Waals surface area contributed by atoms with E-state index in [0.29, 0.717) is 13.3 Å². The van der Waals surface area contributed by atoms with E-state index < -0.39 is 0 Å². The highest BCUT2D eigenvalue weighted by atomic mass is 16.2. The maximum Gasteiger partial charge on any atom is 0.228 e. The zero-order valence-corrected chi connectivity index (χ0v) is 12.5. The zero-order valence-electron chi connectivity index (χ0n) is 12.5. The molecule has 0 radical (unpaired) electrons. The quantitative estimate of drug-likeness (QED) is 0.320. The number of nitrogens with one attached hydrogen (secondary N) is 4. The number of carbonyl (C=O) groups is 4. The van der Waals surface area contributed by atoms with Crippen molar-refractivity contribution in [2.75, 3.05) is 27.4 Å². The van der Waals surface area contributed by atoms with Crippen LogP contribution in [-0.2, 0) is 19.2 Å². The van der Waals surface area contributed by atoms with Gasteiger partial charge in [-0.1, -0.05) is 0 Å². The van der Waals surface area contributed by atoms with Gasteiger partial charge in [-0.05, 0) is 27.9 Å². The van der Waals surface area contributed by atoms with Gasteiger partial charge in [0.2, 0.25) is 11.8 Å². The predicted octanol–water partition coefficient (Wildman–Crippen LogP) is -1.48. The average molecular weight is 288 g/mol. The van der Waals surface area contributed by atoms with Crippen molar-refractivity contribution in [2.24, 2.45) is 0 Å². The molecule has 0 atom stereocenters. The van der Waals surface area contributed by atoms with Gasteiger partial charge in [-0.25, -0.2) is 0 Å². The molecule has 8 heteroatoms. The molecule has 0 saturated heterocycles. The summed E-state index contributed by atoms with van der Waals surface area (Å²) in [5, 5.41) is 10.4. The Morgan fingerprint density at radius 3 is 1.20 bits per heavy atom. The van der Waals surface area contributed by atoms with Crippen LogP contribution in [0.4, 0.5) is 0 Å². The fourth-order valence-electron chi connectivity index (χ4n) is 0.951. The van der Waals surface area contributed by atoms with Gasteiger partial charge in [-0.2, -0.15) is 0 Å². The van der Waals surface area contributed by atoms with Crippen molar-refractivity contribution in [1.29, 1.82) is 0 Å². The van der Waals surface area contributed by atoms with Crippen LogP contribution in [0.5, 0.6) is 0 Å². The fourth-order valence-corrected chi connectivity index (χ4v) is 0.951. The van der Waals surface area contributed by atoms with Gasteiger partial charge < -0.3 is 21.3 Å². The normalized spacial score (nSPS) is 9.00. The van der Waals surface area contributed by atoms with Crippen LogP contribution in [0.2, 0.25) is 0 Å². The van der Waals surface area contributed by atoms with E-state index in [-0.39, 0.29) is 36.2 Å². The first-order valence-electron chi connectivity index (χ1n) is 6.14. The number of rotatable bonds is 8. The number of ketones is 2. The molecule has 0 aromatic heterocycles. The van der Waals surface area contributed by atoms with Gasteiger partial charge in [0.25, 0.3) is 0 Å². The van der Waals surface area contributed by atoms with Gasteiger partial charge >= 0.3 is 0 Å². The molecule has 8 nitrogen and oxygen atoms in total. The third-order valence-corrected chi connectivity index (χ3v) is 1.74. The molecule has 116 valence electrons. The van der Waals surface area contributed by atoms with E-state index in [1.54, 1.807) is 14.1 Å². The Morgan fingerprint density at radius 1 is 0.700 bits per heavy atom. The number of hydrogen-bond donors (Lipinski definition) is 4. The SMILES string of the molecule is CNCNC(=O)CC(C)=O.CNCNC(=O)CC(C)=O. The van der Waals surface area contributed by atoms with Crippen LogP contribution in [0.15, 0.2) is 0 Å². The van der Waals surface area contributed by atoms with Crippen molar-refractivity contribution >= 4 is 23.4 Å². The predicted molar refractivity (Wildman–Crippen MR) is 74.7 cm³/mol. The number of Topliss-reactive ketones (excluding diaryl/α,β-unsaturated/α-hetero) is 2. The van der Waals surface area contributed by atoms with Crippen molar-refractivity contribution in [3.8, 4) is 0 Å². The zero-order chi connectivity index (χ0) is 16.0. The molecule has 0 aliphatic heterocycles. The van der Waals surface area contributed by atoms with E-state index in [1.807, 2.05) is 0 Å². The van der Waals surface area contributed by atoms with Crippen molar-refractivity contribution in [3.63, 3.8) is 0 Å². The maximum absolute atomic E-state index is 10.6. The molecule has 4 N–H and O–H groups in total. The molecule has 0 bridgehead atoms. The lowest BCUT2D eigenvalue weighted by Gasteiger charge is -2.00. The Labute approximate surface area is 119 Å². The largest absolute Gasteiger partial charge is 0.343 e. The van der Waals surface area contributed by atoms with E-state index in [1.165, 1.54) is 13.8 Å². The van der Waals surface area contributed by atoms with Crippen molar-refractivity contribution in [3.05, 3.63) is 0 Å². The lowest BCUT2D eigenvalue weighted by atomic mass is 10.3. The number of hydrogen-bond acceptors (Lipinski definition) is 6. The highest BCUT2D eigenvalue weighted by Crippen LogP contribution is 1.79. The highest BCUT2D eigenvalue weighted by Gasteiger charge is 2.02. The van der Waals surface area contributed by atoms with Gasteiger partial charge in [-0.15, -0.1) is 0 Å². The second-order valence-electron chi connectivity index (χ2n) is 4.02. The van der Waals surface area contributed by atoms with Crippen LogP contribution in [0.1, 0.15) is 26.7 Å². The highest BCUT2D eigenvalue weighted by molar-refractivity contribution is 5.97. The van der Waals surface area contributed by atoms with Crippen molar-refractivity contribution < 1.29 is 19.2 Å². The second kappa shape index (κ2) is 13.6.